The summed E-state index contributed by atoms with van der Waals surface area (Å²) in [5.41, 5.74) is 2.63. The molecular weight excluding hydrogens is 278 g/mol. The fraction of sp³-hybridized carbons (Fsp3) is 0.471. The van der Waals surface area contributed by atoms with Crippen LogP contribution in [0.2, 0.25) is 0 Å². The van der Waals surface area contributed by atoms with E-state index in [1.165, 1.54) is 16.0 Å². The van der Waals surface area contributed by atoms with Crippen LogP contribution < -0.4 is 5.32 Å². The third-order valence-corrected chi connectivity index (χ3v) is 4.73. The zero-order valence-corrected chi connectivity index (χ0v) is 14.0. The first-order valence-corrected chi connectivity index (χ1v) is 8.67. The van der Waals surface area contributed by atoms with Crippen molar-refractivity contribution in [3.63, 3.8) is 0 Å². The van der Waals surface area contributed by atoms with Gasteiger partial charge < -0.3 is 5.32 Å². The van der Waals surface area contributed by atoms with Crippen LogP contribution in [-0.2, 0) is 6.54 Å². The molecule has 1 atom stereocenters. The van der Waals surface area contributed by atoms with Crippen molar-refractivity contribution in [1.82, 2.24) is 15.1 Å². The number of nitrogens with zero attached hydrogens (tertiary/aromatic N) is 2. The lowest BCUT2D eigenvalue weighted by Gasteiger charge is -2.16. The highest BCUT2D eigenvalue weighted by atomic mass is 32.2. The van der Waals surface area contributed by atoms with Crippen LogP contribution in [0.25, 0.3) is 0 Å². The zero-order valence-electron chi connectivity index (χ0n) is 13.2. The lowest BCUT2D eigenvalue weighted by Crippen LogP contribution is -2.22. The van der Waals surface area contributed by atoms with Gasteiger partial charge in [0.05, 0.1) is 6.20 Å². The smallest absolute Gasteiger partial charge is 0.0537 e. The fourth-order valence-electron chi connectivity index (χ4n) is 2.32. The van der Waals surface area contributed by atoms with Gasteiger partial charge in [-0.1, -0.05) is 32.0 Å². The van der Waals surface area contributed by atoms with E-state index in [4.69, 9.17) is 0 Å². The molecule has 0 saturated heterocycles. The first-order chi connectivity index (χ1) is 10.2. The van der Waals surface area contributed by atoms with E-state index in [0.717, 1.165) is 25.3 Å². The van der Waals surface area contributed by atoms with E-state index < -0.39 is 0 Å². The second-order valence-electron chi connectivity index (χ2n) is 5.22. The SMILES string of the molecule is CCCn1cc(C(CSc2ccccc2C)NCC)cn1. The number of nitrogens with one attached hydrogen (secondary N) is 1. The molecule has 1 heterocycles. The van der Waals surface area contributed by atoms with Gasteiger partial charge in [-0.3, -0.25) is 4.68 Å². The summed E-state index contributed by atoms with van der Waals surface area (Å²) in [6.45, 7) is 8.46. The standard InChI is InChI=1S/C17H25N3S/c1-4-10-20-12-15(11-19-20)16(18-5-2)13-21-17-9-7-6-8-14(17)3/h6-9,11-12,16,18H,4-5,10,13H2,1-3H3. The topological polar surface area (TPSA) is 29.9 Å². The van der Waals surface area contributed by atoms with Gasteiger partial charge in [0.2, 0.25) is 0 Å². The highest BCUT2D eigenvalue weighted by Crippen LogP contribution is 2.27. The average molecular weight is 303 g/mol. The maximum atomic E-state index is 4.45. The summed E-state index contributed by atoms with van der Waals surface area (Å²) in [5, 5.41) is 8.02. The Hall–Kier alpha value is -1.26. The maximum Gasteiger partial charge on any atom is 0.0537 e. The van der Waals surface area contributed by atoms with E-state index in [9.17, 15) is 0 Å². The third-order valence-electron chi connectivity index (χ3n) is 3.46. The van der Waals surface area contributed by atoms with Gasteiger partial charge in [-0.2, -0.15) is 5.10 Å². The van der Waals surface area contributed by atoms with Crippen molar-refractivity contribution < 1.29 is 0 Å². The first-order valence-electron chi connectivity index (χ1n) is 7.68. The quantitative estimate of drug-likeness (QED) is 0.746. The number of hydrogen-bond donors (Lipinski definition) is 1. The van der Waals surface area contributed by atoms with Crippen molar-refractivity contribution >= 4 is 11.8 Å². The lowest BCUT2D eigenvalue weighted by atomic mass is 10.2. The number of aromatic nitrogens is 2. The van der Waals surface area contributed by atoms with Crippen molar-refractivity contribution in [3.05, 3.63) is 47.8 Å². The summed E-state index contributed by atoms with van der Waals surface area (Å²) in [6, 6.07) is 8.92. The Balaban J connectivity index is 2.03. The third kappa shape index (κ3) is 4.61. The van der Waals surface area contributed by atoms with Crippen molar-refractivity contribution in [3.8, 4) is 0 Å². The molecule has 0 bridgehead atoms. The Morgan fingerprint density at radius 1 is 1.29 bits per heavy atom. The highest BCUT2D eigenvalue weighted by Gasteiger charge is 2.13. The molecule has 0 saturated carbocycles. The van der Waals surface area contributed by atoms with Crippen molar-refractivity contribution in [2.75, 3.05) is 12.3 Å². The van der Waals surface area contributed by atoms with Crippen LogP contribution in [-0.4, -0.2) is 22.1 Å². The molecule has 0 aliphatic rings. The Bertz CT molecular complexity index is 550. The van der Waals surface area contributed by atoms with Gasteiger partial charge in [0.1, 0.15) is 0 Å². The zero-order chi connectivity index (χ0) is 15.1. The molecule has 0 aliphatic heterocycles. The van der Waals surface area contributed by atoms with Gasteiger partial charge in [-0.05, 0) is 31.5 Å². The van der Waals surface area contributed by atoms with Gasteiger partial charge in [0.25, 0.3) is 0 Å². The Morgan fingerprint density at radius 2 is 2.10 bits per heavy atom. The van der Waals surface area contributed by atoms with E-state index in [1.54, 1.807) is 0 Å². The summed E-state index contributed by atoms with van der Waals surface area (Å²) < 4.78 is 2.04. The monoisotopic (exact) mass is 303 g/mol. The Morgan fingerprint density at radius 3 is 2.81 bits per heavy atom. The molecule has 1 aromatic heterocycles. The van der Waals surface area contributed by atoms with E-state index in [0.29, 0.717) is 6.04 Å². The van der Waals surface area contributed by atoms with Gasteiger partial charge in [-0.15, -0.1) is 11.8 Å². The summed E-state index contributed by atoms with van der Waals surface area (Å²) >= 11 is 1.91. The van der Waals surface area contributed by atoms with Crippen LogP contribution in [0.15, 0.2) is 41.6 Å². The van der Waals surface area contributed by atoms with Gasteiger partial charge in [0, 0.05) is 35.0 Å². The summed E-state index contributed by atoms with van der Waals surface area (Å²) in [4.78, 5) is 1.36. The molecule has 1 unspecified atom stereocenters. The maximum absolute atomic E-state index is 4.45. The second-order valence-corrected chi connectivity index (χ2v) is 6.29. The number of aryl methyl sites for hydroxylation is 2. The molecule has 1 N–H and O–H groups in total. The van der Waals surface area contributed by atoms with E-state index in [1.807, 2.05) is 22.6 Å². The van der Waals surface area contributed by atoms with Crippen LogP contribution >= 0.6 is 11.8 Å². The Labute approximate surface area is 132 Å². The molecule has 0 fully saturated rings. The average Bonchev–Trinajstić information content (AvgIpc) is 2.94. The van der Waals surface area contributed by atoms with Crippen LogP contribution in [0.3, 0.4) is 0 Å². The molecule has 0 aliphatic carbocycles. The van der Waals surface area contributed by atoms with Crippen LogP contribution in [0.5, 0.6) is 0 Å². The minimum Gasteiger partial charge on any atom is -0.309 e. The molecule has 2 rings (SSSR count). The summed E-state index contributed by atoms with van der Waals surface area (Å²) in [7, 11) is 0. The van der Waals surface area contributed by atoms with Crippen LogP contribution in [0.1, 0.15) is 37.4 Å². The second kappa shape index (κ2) is 8.25. The molecule has 21 heavy (non-hydrogen) atoms. The van der Waals surface area contributed by atoms with Crippen molar-refractivity contribution in [1.29, 1.82) is 0 Å². The lowest BCUT2D eigenvalue weighted by molar-refractivity contribution is 0.590. The highest BCUT2D eigenvalue weighted by molar-refractivity contribution is 7.99. The minimum absolute atomic E-state index is 0.352. The minimum atomic E-state index is 0.352. The molecule has 0 radical (unpaired) electrons. The summed E-state index contributed by atoms with van der Waals surface area (Å²) in [5.74, 6) is 1.02. The molecule has 3 nitrogen and oxygen atoms in total. The molecule has 2 aromatic rings. The largest absolute Gasteiger partial charge is 0.309 e. The predicted octanol–water partition coefficient (Wildman–Crippen LogP) is 4.04. The number of hydrogen-bond acceptors (Lipinski definition) is 3. The fourth-order valence-corrected chi connectivity index (χ4v) is 3.45. The molecule has 4 heteroatoms. The normalized spacial score (nSPS) is 12.5. The number of rotatable bonds is 8. The van der Waals surface area contributed by atoms with Gasteiger partial charge in [0.15, 0.2) is 0 Å². The molecule has 114 valence electrons. The number of benzene rings is 1. The molecule has 0 amide bonds. The van der Waals surface area contributed by atoms with Gasteiger partial charge >= 0.3 is 0 Å². The molecule has 0 spiro atoms. The first kappa shape index (κ1) is 16.1. The van der Waals surface area contributed by atoms with E-state index in [2.05, 4.69) is 61.6 Å². The van der Waals surface area contributed by atoms with E-state index >= 15 is 0 Å². The summed E-state index contributed by atoms with van der Waals surface area (Å²) in [6.07, 6.45) is 5.29. The van der Waals surface area contributed by atoms with Gasteiger partial charge in [-0.25, -0.2) is 0 Å². The number of thioether (sulfide) groups is 1. The Kier molecular flexibility index (Phi) is 6.33. The van der Waals surface area contributed by atoms with Crippen molar-refractivity contribution in [2.24, 2.45) is 0 Å². The van der Waals surface area contributed by atoms with E-state index in [-0.39, 0.29) is 0 Å². The van der Waals surface area contributed by atoms with Crippen LogP contribution in [0.4, 0.5) is 0 Å². The molecular formula is C17H25N3S. The van der Waals surface area contributed by atoms with Crippen LogP contribution in [0, 0.1) is 6.92 Å². The van der Waals surface area contributed by atoms with Crippen molar-refractivity contribution in [2.45, 2.75) is 44.7 Å². The molecule has 1 aromatic carbocycles. The predicted molar refractivity (Wildman–Crippen MR) is 90.8 cm³/mol.